The maximum absolute atomic E-state index is 14.1. The minimum atomic E-state index is -0.887. The van der Waals surface area contributed by atoms with Gasteiger partial charge in [0, 0.05) is 30.7 Å². The van der Waals surface area contributed by atoms with Crippen LogP contribution in [0.2, 0.25) is 0 Å². The molecule has 2 heterocycles. The number of hydrogen-bond acceptors (Lipinski definition) is 5. The monoisotopic (exact) mass is 400 g/mol. The Morgan fingerprint density at radius 3 is 2.83 bits per heavy atom. The Kier molecular flexibility index (Phi) is 5.26. The van der Waals surface area contributed by atoms with Gasteiger partial charge in [-0.05, 0) is 43.2 Å². The number of carbonyl (C=O) groups is 1. The van der Waals surface area contributed by atoms with E-state index in [1.807, 2.05) is 0 Å². The lowest BCUT2D eigenvalue weighted by atomic mass is 10.1. The van der Waals surface area contributed by atoms with Crippen LogP contribution in [-0.4, -0.2) is 30.3 Å². The highest BCUT2D eigenvalue weighted by Gasteiger charge is 2.19. The van der Waals surface area contributed by atoms with Crippen LogP contribution in [0.1, 0.15) is 23.2 Å². The molecule has 8 heteroatoms. The lowest BCUT2D eigenvalue weighted by molar-refractivity contribution is 0.0854. The molecular formula is C21H18F2N2O4. The Morgan fingerprint density at radius 2 is 2.07 bits per heavy atom. The molecule has 1 fully saturated rings. The number of aromatic hydroxyl groups is 1. The quantitative estimate of drug-likeness (QED) is 0.702. The highest BCUT2D eigenvalue weighted by Crippen LogP contribution is 2.21. The van der Waals surface area contributed by atoms with Crippen LogP contribution in [0.4, 0.5) is 14.5 Å². The first-order valence-electron chi connectivity index (χ1n) is 9.16. The molecule has 0 spiro atoms. The molecule has 0 aliphatic carbocycles. The average molecular weight is 400 g/mol. The van der Waals surface area contributed by atoms with E-state index in [2.05, 4.69) is 10.3 Å². The second-order valence-electron chi connectivity index (χ2n) is 6.74. The summed E-state index contributed by atoms with van der Waals surface area (Å²) in [6.45, 7) is 0.997. The fraction of sp³-hybridized carbons (Fsp3) is 0.238. The van der Waals surface area contributed by atoms with Crippen molar-refractivity contribution in [3.05, 3.63) is 65.2 Å². The summed E-state index contributed by atoms with van der Waals surface area (Å²) in [5, 5.41) is 13.0. The fourth-order valence-electron chi connectivity index (χ4n) is 3.14. The smallest absolute Gasteiger partial charge is 0.256 e. The Balaban J connectivity index is 1.78. The summed E-state index contributed by atoms with van der Waals surface area (Å²) in [7, 11) is 0. The van der Waals surface area contributed by atoms with Crippen LogP contribution in [-0.2, 0) is 4.74 Å². The third-order valence-electron chi connectivity index (χ3n) is 4.62. The van der Waals surface area contributed by atoms with Crippen LogP contribution in [0.3, 0.4) is 0 Å². The van der Waals surface area contributed by atoms with Crippen LogP contribution >= 0.6 is 0 Å². The van der Waals surface area contributed by atoms with E-state index in [0.29, 0.717) is 24.6 Å². The second-order valence-corrected chi connectivity index (χ2v) is 6.74. The van der Waals surface area contributed by atoms with E-state index in [1.54, 1.807) is 12.1 Å². The number of rotatable bonds is 4. The normalized spacial score (nSPS) is 17.0. The fourth-order valence-corrected chi connectivity index (χ4v) is 3.14. The molecule has 0 unspecified atom stereocenters. The molecule has 2 N–H and O–H groups in total. The number of nitrogens with one attached hydrogen (secondary N) is 1. The summed E-state index contributed by atoms with van der Waals surface area (Å²) >= 11 is 0. The van der Waals surface area contributed by atoms with Gasteiger partial charge in [-0.15, -0.1) is 0 Å². The minimum Gasteiger partial charge on any atom is -0.508 e. The van der Waals surface area contributed by atoms with E-state index in [1.165, 1.54) is 12.1 Å². The minimum absolute atomic E-state index is 0.0317. The molecule has 0 radical (unpaired) electrons. The number of hydrogen-bond donors (Lipinski definition) is 2. The first-order chi connectivity index (χ1) is 14.0. The summed E-state index contributed by atoms with van der Waals surface area (Å²) in [5.74, 6) is -2.12. The molecule has 0 saturated carbocycles. The lowest BCUT2D eigenvalue weighted by Crippen LogP contribution is -2.34. The van der Waals surface area contributed by atoms with Gasteiger partial charge >= 0.3 is 0 Å². The predicted molar refractivity (Wildman–Crippen MR) is 101 cm³/mol. The number of halogens is 2. The van der Waals surface area contributed by atoms with Gasteiger partial charge < -0.3 is 19.6 Å². The van der Waals surface area contributed by atoms with Crippen molar-refractivity contribution in [2.75, 3.05) is 13.2 Å². The molecule has 1 atom stereocenters. The van der Waals surface area contributed by atoms with Crippen molar-refractivity contribution >= 4 is 22.6 Å². The molecule has 29 heavy (non-hydrogen) atoms. The van der Waals surface area contributed by atoms with Crippen LogP contribution < -0.4 is 10.9 Å². The number of benzene rings is 2. The molecular weight excluding hydrogens is 382 g/mol. The van der Waals surface area contributed by atoms with Gasteiger partial charge in [0.05, 0.1) is 6.10 Å². The molecule has 0 bridgehead atoms. The van der Waals surface area contributed by atoms with Gasteiger partial charge in [-0.1, -0.05) is 0 Å². The van der Waals surface area contributed by atoms with E-state index >= 15 is 0 Å². The van der Waals surface area contributed by atoms with Crippen molar-refractivity contribution in [3.8, 4) is 5.75 Å². The van der Waals surface area contributed by atoms with Gasteiger partial charge in [0.15, 0.2) is 5.82 Å². The summed E-state index contributed by atoms with van der Waals surface area (Å²) in [5.41, 5.74) is 0.0214. The van der Waals surface area contributed by atoms with Gasteiger partial charge in [0.1, 0.15) is 28.4 Å². The molecule has 1 saturated heterocycles. The van der Waals surface area contributed by atoms with Crippen LogP contribution in [0.5, 0.6) is 5.75 Å². The summed E-state index contributed by atoms with van der Waals surface area (Å²) in [6.07, 6.45) is 1.75. The Labute approximate surface area is 164 Å². The second kappa shape index (κ2) is 8.00. The number of nitrogens with zero attached hydrogens (tertiary/aromatic N) is 1. The first kappa shape index (κ1) is 19.1. The van der Waals surface area contributed by atoms with Crippen molar-refractivity contribution in [2.24, 2.45) is 4.99 Å². The van der Waals surface area contributed by atoms with Gasteiger partial charge in [-0.3, -0.25) is 4.79 Å². The van der Waals surface area contributed by atoms with E-state index < -0.39 is 17.5 Å². The highest BCUT2D eigenvalue weighted by atomic mass is 19.1. The molecule has 1 aromatic heterocycles. The zero-order valence-corrected chi connectivity index (χ0v) is 15.3. The van der Waals surface area contributed by atoms with Crippen molar-refractivity contribution in [1.29, 1.82) is 0 Å². The van der Waals surface area contributed by atoms with Gasteiger partial charge in [0.25, 0.3) is 5.91 Å². The number of carbonyl (C=O) groups excluding carboxylic acids is 1. The SMILES string of the molecule is O=C(NC[C@H]1CCCO1)c1cc2ccc(O)cc2oc1=Nc1ccc(F)cc1F. The Bertz CT molecular complexity index is 1140. The van der Waals surface area contributed by atoms with Crippen LogP contribution in [0.25, 0.3) is 11.0 Å². The van der Waals surface area contributed by atoms with Crippen molar-refractivity contribution in [1.82, 2.24) is 5.32 Å². The van der Waals surface area contributed by atoms with Crippen molar-refractivity contribution in [2.45, 2.75) is 18.9 Å². The largest absolute Gasteiger partial charge is 0.508 e. The van der Waals surface area contributed by atoms with E-state index in [0.717, 1.165) is 25.0 Å². The van der Waals surface area contributed by atoms with E-state index in [9.17, 15) is 18.7 Å². The average Bonchev–Trinajstić information content (AvgIpc) is 3.21. The maximum atomic E-state index is 14.1. The molecule has 6 nitrogen and oxygen atoms in total. The molecule has 2 aromatic carbocycles. The number of ether oxygens (including phenoxy) is 1. The van der Waals surface area contributed by atoms with Gasteiger partial charge in [0.2, 0.25) is 5.55 Å². The van der Waals surface area contributed by atoms with Gasteiger partial charge in [-0.2, -0.15) is 0 Å². The molecule has 3 aromatic rings. The van der Waals surface area contributed by atoms with E-state index in [-0.39, 0.29) is 34.2 Å². The van der Waals surface area contributed by atoms with E-state index in [4.69, 9.17) is 9.15 Å². The topological polar surface area (TPSA) is 84.1 Å². The predicted octanol–water partition coefficient (Wildman–Crippen LogP) is 3.56. The van der Waals surface area contributed by atoms with Crippen molar-refractivity contribution < 1.29 is 27.8 Å². The number of fused-ring (bicyclic) bond motifs is 1. The molecule has 1 aliphatic rings. The molecule has 4 rings (SSSR count). The Morgan fingerprint density at radius 1 is 1.21 bits per heavy atom. The zero-order valence-electron chi connectivity index (χ0n) is 15.3. The standard InChI is InChI=1S/C21H18F2N2O4/c22-13-4-6-18(17(23)9-13)25-21-16(20(27)24-11-15-2-1-7-28-15)8-12-3-5-14(26)10-19(12)29-21/h3-6,8-10,15,26H,1-2,7,11H2,(H,24,27)/t15-/m1/s1. The third kappa shape index (κ3) is 4.27. The summed E-state index contributed by atoms with van der Waals surface area (Å²) in [4.78, 5) is 16.9. The maximum Gasteiger partial charge on any atom is 0.256 e. The lowest BCUT2D eigenvalue weighted by Gasteiger charge is -2.11. The number of amides is 1. The van der Waals surface area contributed by atoms with Crippen LogP contribution in [0, 0.1) is 11.6 Å². The third-order valence-corrected chi connectivity index (χ3v) is 4.62. The molecule has 1 amide bonds. The summed E-state index contributed by atoms with van der Waals surface area (Å²) < 4.78 is 38.4. The number of phenolic OH excluding ortho intramolecular Hbond substituents is 1. The van der Waals surface area contributed by atoms with Crippen LogP contribution in [0.15, 0.2) is 51.9 Å². The Hall–Kier alpha value is -3.26. The molecule has 150 valence electrons. The summed E-state index contributed by atoms with van der Waals surface area (Å²) in [6, 6.07) is 8.87. The molecule has 1 aliphatic heterocycles. The first-order valence-corrected chi connectivity index (χ1v) is 9.16. The van der Waals surface area contributed by atoms with Crippen molar-refractivity contribution in [3.63, 3.8) is 0 Å². The zero-order chi connectivity index (χ0) is 20.4. The highest BCUT2D eigenvalue weighted by molar-refractivity contribution is 5.96. The van der Waals surface area contributed by atoms with Gasteiger partial charge in [-0.25, -0.2) is 13.8 Å². The number of phenols is 1.